The van der Waals surface area contributed by atoms with Gasteiger partial charge in [-0.2, -0.15) is 0 Å². The van der Waals surface area contributed by atoms with Crippen molar-refractivity contribution in [3.05, 3.63) is 30.1 Å². The molecule has 2 nitrogen and oxygen atoms in total. The first kappa shape index (κ1) is 10.8. The average Bonchev–Trinajstić information content (AvgIpc) is 3.02. The van der Waals surface area contributed by atoms with E-state index in [1.807, 2.05) is 0 Å². The SMILES string of the molecule is O=S(CCNC1CC1)c1ccc(F)cc1. The standard InChI is InChI=1S/C11H14FNOS/c12-9-1-5-11(6-2-9)15(14)8-7-13-10-3-4-10/h1-2,5-6,10,13H,3-4,7-8H2. The van der Waals surface area contributed by atoms with Gasteiger partial charge in [-0.05, 0) is 37.1 Å². The van der Waals surface area contributed by atoms with Gasteiger partial charge in [-0.25, -0.2) is 4.39 Å². The molecule has 1 aromatic rings. The maximum absolute atomic E-state index is 12.6. The lowest BCUT2D eigenvalue weighted by atomic mass is 10.4. The van der Waals surface area contributed by atoms with Crippen LogP contribution in [-0.4, -0.2) is 22.5 Å². The fourth-order valence-electron chi connectivity index (χ4n) is 1.35. The molecular formula is C11H14FNOS. The summed E-state index contributed by atoms with van der Waals surface area (Å²) in [6.45, 7) is 0.772. The van der Waals surface area contributed by atoms with Gasteiger partial charge in [-0.3, -0.25) is 4.21 Å². The summed E-state index contributed by atoms with van der Waals surface area (Å²) in [5, 5.41) is 3.30. The molecule has 0 spiro atoms. The number of rotatable bonds is 5. The molecule has 0 heterocycles. The minimum atomic E-state index is -1.01. The Bertz CT molecular complexity index is 348. The van der Waals surface area contributed by atoms with Crippen LogP contribution < -0.4 is 5.32 Å². The number of hydrogen-bond donors (Lipinski definition) is 1. The van der Waals surface area contributed by atoms with Gasteiger partial charge in [-0.1, -0.05) is 0 Å². The zero-order valence-corrected chi connectivity index (χ0v) is 9.23. The largest absolute Gasteiger partial charge is 0.313 e. The van der Waals surface area contributed by atoms with E-state index in [2.05, 4.69) is 5.32 Å². The summed E-state index contributed by atoms with van der Waals surface area (Å²) in [6.07, 6.45) is 2.48. The summed E-state index contributed by atoms with van der Waals surface area (Å²) in [4.78, 5) is 0.703. The highest BCUT2D eigenvalue weighted by Gasteiger charge is 2.20. The first-order valence-electron chi connectivity index (χ1n) is 5.13. The molecule has 1 N–H and O–H groups in total. The van der Waals surface area contributed by atoms with Gasteiger partial charge >= 0.3 is 0 Å². The summed E-state index contributed by atoms with van der Waals surface area (Å²) in [5.74, 6) is 0.314. The third kappa shape index (κ3) is 3.39. The molecule has 0 saturated heterocycles. The zero-order valence-electron chi connectivity index (χ0n) is 8.41. The average molecular weight is 227 g/mol. The molecule has 1 aliphatic carbocycles. The van der Waals surface area contributed by atoms with E-state index < -0.39 is 10.8 Å². The maximum Gasteiger partial charge on any atom is 0.123 e. The van der Waals surface area contributed by atoms with Gasteiger partial charge in [0, 0.05) is 23.2 Å². The predicted octanol–water partition coefficient (Wildman–Crippen LogP) is 1.69. The lowest BCUT2D eigenvalue weighted by molar-refractivity contribution is 0.626. The van der Waals surface area contributed by atoms with Crippen molar-refractivity contribution in [3.63, 3.8) is 0 Å². The molecule has 2 rings (SSSR count). The monoisotopic (exact) mass is 227 g/mol. The Labute approximate surface area is 91.3 Å². The van der Waals surface area contributed by atoms with Crippen LogP contribution in [0.25, 0.3) is 0 Å². The van der Waals surface area contributed by atoms with E-state index in [1.165, 1.54) is 25.0 Å². The lowest BCUT2D eigenvalue weighted by Crippen LogP contribution is -2.22. The van der Waals surface area contributed by atoms with Crippen molar-refractivity contribution in [1.82, 2.24) is 5.32 Å². The van der Waals surface area contributed by atoms with E-state index in [-0.39, 0.29) is 5.82 Å². The van der Waals surface area contributed by atoms with Gasteiger partial charge in [-0.15, -0.1) is 0 Å². The Morgan fingerprint density at radius 2 is 2.00 bits per heavy atom. The second-order valence-corrected chi connectivity index (χ2v) is 5.30. The van der Waals surface area contributed by atoms with Crippen molar-refractivity contribution in [2.75, 3.05) is 12.3 Å². The first-order chi connectivity index (χ1) is 7.25. The highest BCUT2D eigenvalue weighted by atomic mass is 32.2. The molecule has 0 aromatic heterocycles. The molecular weight excluding hydrogens is 213 g/mol. The fraction of sp³-hybridized carbons (Fsp3) is 0.455. The summed E-state index contributed by atoms with van der Waals surface area (Å²) < 4.78 is 24.3. The number of halogens is 1. The van der Waals surface area contributed by atoms with Crippen LogP contribution in [-0.2, 0) is 10.8 Å². The minimum absolute atomic E-state index is 0.285. The molecule has 0 aliphatic heterocycles. The Kier molecular flexibility index (Phi) is 3.49. The van der Waals surface area contributed by atoms with Crippen molar-refractivity contribution < 1.29 is 8.60 Å². The number of nitrogens with one attached hydrogen (secondary N) is 1. The van der Waals surface area contributed by atoms with Crippen LogP contribution >= 0.6 is 0 Å². The Morgan fingerprint density at radius 3 is 2.60 bits per heavy atom. The topological polar surface area (TPSA) is 29.1 Å². The van der Waals surface area contributed by atoms with Crippen LogP contribution in [0.1, 0.15) is 12.8 Å². The van der Waals surface area contributed by atoms with Gasteiger partial charge in [0.15, 0.2) is 0 Å². The first-order valence-corrected chi connectivity index (χ1v) is 6.45. The quantitative estimate of drug-likeness (QED) is 0.829. The maximum atomic E-state index is 12.6. The summed E-state index contributed by atoms with van der Waals surface area (Å²) in [5.41, 5.74) is 0. The fourth-order valence-corrected chi connectivity index (χ4v) is 2.33. The Balaban J connectivity index is 1.81. The van der Waals surface area contributed by atoms with Crippen LogP contribution in [0.4, 0.5) is 4.39 Å². The summed E-state index contributed by atoms with van der Waals surface area (Å²) >= 11 is 0. The predicted molar refractivity (Wildman–Crippen MR) is 58.7 cm³/mol. The minimum Gasteiger partial charge on any atom is -0.313 e. The van der Waals surface area contributed by atoms with Gasteiger partial charge in [0.05, 0.1) is 10.8 Å². The van der Waals surface area contributed by atoms with Crippen LogP contribution in [0.2, 0.25) is 0 Å². The molecule has 0 radical (unpaired) electrons. The molecule has 4 heteroatoms. The smallest absolute Gasteiger partial charge is 0.123 e. The zero-order chi connectivity index (χ0) is 10.7. The van der Waals surface area contributed by atoms with E-state index in [9.17, 15) is 8.60 Å². The molecule has 1 atom stereocenters. The Morgan fingerprint density at radius 1 is 1.33 bits per heavy atom. The Hall–Kier alpha value is -0.740. The van der Waals surface area contributed by atoms with Gasteiger partial charge < -0.3 is 5.32 Å². The third-order valence-corrected chi connectivity index (χ3v) is 3.75. The van der Waals surface area contributed by atoms with E-state index in [1.54, 1.807) is 12.1 Å². The molecule has 1 aromatic carbocycles. The molecule has 1 aliphatic rings. The third-order valence-electron chi connectivity index (χ3n) is 2.37. The second kappa shape index (κ2) is 4.86. The van der Waals surface area contributed by atoms with Crippen molar-refractivity contribution in [2.24, 2.45) is 0 Å². The highest BCUT2D eigenvalue weighted by Crippen LogP contribution is 2.18. The lowest BCUT2D eigenvalue weighted by Gasteiger charge is -2.03. The molecule has 1 fully saturated rings. The molecule has 15 heavy (non-hydrogen) atoms. The summed E-state index contributed by atoms with van der Waals surface area (Å²) in [7, 11) is -1.01. The van der Waals surface area contributed by atoms with Gasteiger partial charge in [0.2, 0.25) is 0 Å². The van der Waals surface area contributed by atoms with Crippen LogP contribution in [0.3, 0.4) is 0 Å². The molecule has 1 saturated carbocycles. The van der Waals surface area contributed by atoms with Crippen molar-refractivity contribution in [3.8, 4) is 0 Å². The van der Waals surface area contributed by atoms with Crippen LogP contribution in [0.15, 0.2) is 29.2 Å². The molecule has 0 amide bonds. The van der Waals surface area contributed by atoms with E-state index in [4.69, 9.17) is 0 Å². The number of benzene rings is 1. The molecule has 1 unspecified atom stereocenters. The van der Waals surface area contributed by atoms with Crippen molar-refractivity contribution in [1.29, 1.82) is 0 Å². The van der Waals surface area contributed by atoms with Gasteiger partial charge in [0.1, 0.15) is 5.82 Å². The number of hydrogen-bond acceptors (Lipinski definition) is 2. The van der Waals surface area contributed by atoms with Crippen molar-refractivity contribution in [2.45, 2.75) is 23.8 Å². The highest BCUT2D eigenvalue weighted by molar-refractivity contribution is 7.85. The van der Waals surface area contributed by atoms with E-state index in [0.717, 1.165) is 6.54 Å². The molecule has 0 bridgehead atoms. The normalized spacial score (nSPS) is 17.7. The van der Waals surface area contributed by atoms with Gasteiger partial charge in [0.25, 0.3) is 0 Å². The van der Waals surface area contributed by atoms with E-state index >= 15 is 0 Å². The summed E-state index contributed by atoms with van der Waals surface area (Å²) in [6, 6.07) is 6.52. The van der Waals surface area contributed by atoms with Crippen LogP contribution in [0.5, 0.6) is 0 Å². The van der Waals surface area contributed by atoms with Crippen molar-refractivity contribution >= 4 is 10.8 Å². The van der Waals surface area contributed by atoms with Crippen LogP contribution in [0, 0.1) is 5.82 Å². The second-order valence-electron chi connectivity index (χ2n) is 3.73. The van der Waals surface area contributed by atoms with E-state index in [0.29, 0.717) is 16.7 Å². The molecule has 82 valence electrons.